The van der Waals surface area contributed by atoms with E-state index in [9.17, 15) is 0 Å². The van der Waals surface area contributed by atoms with Gasteiger partial charge in [0.1, 0.15) is 0 Å². The molecule has 3 nitrogen and oxygen atoms in total. The van der Waals surface area contributed by atoms with Gasteiger partial charge in [0.05, 0.1) is 7.11 Å². The third-order valence-electron chi connectivity index (χ3n) is 0.391. The molecule has 0 aromatic rings. The van der Waals surface area contributed by atoms with Crippen LogP contribution in [0.15, 0.2) is 0 Å². The summed E-state index contributed by atoms with van der Waals surface area (Å²) >= 11 is 0. The molecule has 38 valence electrons. The normalized spacial score (nSPS) is 9.00. The highest BCUT2D eigenvalue weighted by Crippen LogP contribution is 1.47. The van der Waals surface area contributed by atoms with Crippen molar-refractivity contribution < 1.29 is 4.84 Å². The van der Waals surface area contributed by atoms with Gasteiger partial charge in [0.25, 0.3) is 0 Å². The zero-order valence-corrected chi connectivity index (χ0v) is 3.90. The maximum absolute atomic E-state index is 5.07. The van der Waals surface area contributed by atoms with Crippen LogP contribution in [0.25, 0.3) is 0 Å². The molecule has 0 aliphatic rings. The van der Waals surface area contributed by atoms with Crippen molar-refractivity contribution in [2.75, 3.05) is 20.2 Å². The second kappa shape index (κ2) is 4.88. The Morgan fingerprint density at radius 1 is 1.83 bits per heavy atom. The fourth-order valence-corrected chi connectivity index (χ4v) is 0.161. The van der Waals surface area contributed by atoms with Gasteiger partial charge in [-0.15, -0.1) is 0 Å². The summed E-state index contributed by atoms with van der Waals surface area (Å²) in [6, 6.07) is 0. The first-order valence-corrected chi connectivity index (χ1v) is 1.87. The Bertz CT molecular complexity index is 20.8. The molecular weight excluding hydrogens is 80.0 g/mol. The van der Waals surface area contributed by atoms with E-state index in [1.54, 1.807) is 7.11 Å². The van der Waals surface area contributed by atoms with Crippen LogP contribution in [0, 0.1) is 0 Å². The summed E-state index contributed by atoms with van der Waals surface area (Å²) in [5.41, 5.74) is 7.64. The molecule has 0 spiro atoms. The largest absolute Gasteiger partial charge is 0.329 e. The molecule has 0 bridgehead atoms. The quantitative estimate of drug-likeness (QED) is 0.348. The maximum Gasteiger partial charge on any atom is 0.0572 e. The van der Waals surface area contributed by atoms with E-state index in [0.29, 0.717) is 6.54 Å². The van der Waals surface area contributed by atoms with Crippen LogP contribution in [-0.2, 0) is 4.84 Å². The van der Waals surface area contributed by atoms with E-state index in [1.165, 1.54) is 0 Å². The highest BCUT2D eigenvalue weighted by molar-refractivity contribution is 4.29. The van der Waals surface area contributed by atoms with Crippen molar-refractivity contribution in [3.05, 3.63) is 0 Å². The number of rotatable bonds is 3. The van der Waals surface area contributed by atoms with Gasteiger partial charge in [-0.2, -0.15) is 0 Å². The summed E-state index contributed by atoms with van der Waals surface area (Å²) in [6.45, 7) is 1.34. The molecule has 0 heterocycles. The first-order chi connectivity index (χ1) is 2.91. The van der Waals surface area contributed by atoms with E-state index in [4.69, 9.17) is 5.73 Å². The molecule has 0 unspecified atom stereocenters. The SMILES string of the molecule is CONCCN. The lowest BCUT2D eigenvalue weighted by molar-refractivity contribution is 0.0943. The molecule has 6 heavy (non-hydrogen) atoms. The molecule has 0 aliphatic heterocycles. The Hall–Kier alpha value is -0.120. The third-order valence-corrected chi connectivity index (χ3v) is 0.391. The average Bonchev–Trinajstić information content (AvgIpc) is 1.61. The van der Waals surface area contributed by atoms with Crippen LogP contribution in [0.4, 0.5) is 0 Å². The van der Waals surface area contributed by atoms with Gasteiger partial charge in [0.15, 0.2) is 0 Å². The van der Waals surface area contributed by atoms with Crippen molar-refractivity contribution >= 4 is 0 Å². The minimum atomic E-state index is 0.619. The summed E-state index contributed by atoms with van der Waals surface area (Å²) in [6.07, 6.45) is 0. The summed E-state index contributed by atoms with van der Waals surface area (Å²) in [4.78, 5) is 4.45. The number of hydrogen-bond acceptors (Lipinski definition) is 3. The minimum absolute atomic E-state index is 0.619. The molecule has 3 heteroatoms. The third kappa shape index (κ3) is 3.88. The number of nitrogens with two attached hydrogens (primary N) is 1. The Labute approximate surface area is 37.4 Å². The predicted octanol–water partition coefficient (Wildman–Crippen LogP) is -0.904. The predicted molar refractivity (Wildman–Crippen MR) is 24.1 cm³/mol. The molecule has 0 aromatic heterocycles. The van der Waals surface area contributed by atoms with Crippen LogP contribution < -0.4 is 11.2 Å². The van der Waals surface area contributed by atoms with Gasteiger partial charge in [0, 0.05) is 13.1 Å². The summed E-state index contributed by atoms with van der Waals surface area (Å²) in [5, 5.41) is 0. The van der Waals surface area contributed by atoms with Gasteiger partial charge in [0.2, 0.25) is 0 Å². The fourth-order valence-electron chi connectivity index (χ4n) is 0.161. The molecule has 0 saturated heterocycles. The molecule has 0 aromatic carbocycles. The van der Waals surface area contributed by atoms with Crippen LogP contribution in [0.2, 0.25) is 0 Å². The first kappa shape index (κ1) is 5.88. The summed E-state index contributed by atoms with van der Waals surface area (Å²) in [7, 11) is 1.57. The van der Waals surface area contributed by atoms with Gasteiger partial charge >= 0.3 is 0 Å². The highest BCUT2D eigenvalue weighted by atomic mass is 16.6. The molecule has 0 amide bonds. The molecule has 0 aliphatic carbocycles. The molecule has 0 atom stereocenters. The monoisotopic (exact) mass is 90.1 g/mol. The van der Waals surface area contributed by atoms with Crippen molar-refractivity contribution in [1.29, 1.82) is 0 Å². The Morgan fingerprint density at radius 2 is 2.50 bits per heavy atom. The number of nitrogens with one attached hydrogen (secondary N) is 1. The lowest BCUT2D eigenvalue weighted by atomic mass is 10.7. The molecular formula is C3H10N2O. The zero-order valence-electron chi connectivity index (χ0n) is 3.90. The molecule has 3 N–H and O–H groups in total. The Kier molecular flexibility index (Phi) is 4.78. The van der Waals surface area contributed by atoms with Gasteiger partial charge in [-0.25, -0.2) is 5.48 Å². The Balaban J connectivity index is 2.34. The van der Waals surface area contributed by atoms with Crippen molar-refractivity contribution in [2.45, 2.75) is 0 Å². The Morgan fingerprint density at radius 3 is 2.67 bits per heavy atom. The van der Waals surface area contributed by atoms with Crippen LogP contribution >= 0.6 is 0 Å². The van der Waals surface area contributed by atoms with E-state index in [1.807, 2.05) is 0 Å². The van der Waals surface area contributed by atoms with E-state index in [-0.39, 0.29) is 0 Å². The topological polar surface area (TPSA) is 47.3 Å². The second-order valence-electron chi connectivity index (χ2n) is 0.887. The molecule has 0 fully saturated rings. The number of hydrogen-bond donors (Lipinski definition) is 2. The van der Waals surface area contributed by atoms with Crippen molar-refractivity contribution in [1.82, 2.24) is 5.48 Å². The lowest BCUT2D eigenvalue weighted by Crippen LogP contribution is -2.20. The minimum Gasteiger partial charge on any atom is -0.329 e. The van der Waals surface area contributed by atoms with Crippen LogP contribution in [0.5, 0.6) is 0 Å². The van der Waals surface area contributed by atoms with Crippen molar-refractivity contribution in [3.8, 4) is 0 Å². The first-order valence-electron chi connectivity index (χ1n) is 1.87. The van der Waals surface area contributed by atoms with E-state index >= 15 is 0 Å². The maximum atomic E-state index is 5.07. The number of hydroxylamine groups is 1. The van der Waals surface area contributed by atoms with Gasteiger partial charge < -0.3 is 10.6 Å². The molecule has 0 radical (unpaired) electrons. The molecule has 0 rings (SSSR count). The van der Waals surface area contributed by atoms with Gasteiger partial charge in [-0.05, 0) is 0 Å². The van der Waals surface area contributed by atoms with Crippen LogP contribution in [0.1, 0.15) is 0 Å². The van der Waals surface area contributed by atoms with E-state index < -0.39 is 0 Å². The second-order valence-corrected chi connectivity index (χ2v) is 0.887. The standard InChI is InChI=1S/C3H10N2O/c1-6-5-3-2-4/h5H,2-4H2,1H3. The molecule has 0 saturated carbocycles. The van der Waals surface area contributed by atoms with Gasteiger partial charge in [-0.1, -0.05) is 0 Å². The summed E-state index contributed by atoms with van der Waals surface area (Å²) in [5.74, 6) is 0. The van der Waals surface area contributed by atoms with Crippen molar-refractivity contribution in [3.63, 3.8) is 0 Å². The fraction of sp³-hybridized carbons (Fsp3) is 1.00. The average molecular weight is 90.1 g/mol. The summed E-state index contributed by atoms with van der Waals surface area (Å²) < 4.78 is 0. The van der Waals surface area contributed by atoms with E-state index in [2.05, 4.69) is 10.3 Å². The van der Waals surface area contributed by atoms with E-state index in [0.717, 1.165) is 6.54 Å². The van der Waals surface area contributed by atoms with Crippen LogP contribution in [0.3, 0.4) is 0 Å². The van der Waals surface area contributed by atoms with Gasteiger partial charge in [-0.3, -0.25) is 0 Å². The smallest absolute Gasteiger partial charge is 0.0572 e. The zero-order chi connectivity index (χ0) is 4.83. The van der Waals surface area contributed by atoms with Crippen LogP contribution in [-0.4, -0.2) is 20.2 Å². The lowest BCUT2D eigenvalue weighted by Gasteiger charge is -1.93. The highest BCUT2D eigenvalue weighted by Gasteiger charge is 1.71. The van der Waals surface area contributed by atoms with Crippen molar-refractivity contribution in [2.24, 2.45) is 5.73 Å².